The third-order valence-electron chi connectivity index (χ3n) is 5.77. The zero-order valence-corrected chi connectivity index (χ0v) is 20.7. The van der Waals surface area contributed by atoms with Crippen molar-refractivity contribution in [2.24, 2.45) is 28.1 Å². The van der Waals surface area contributed by atoms with Gasteiger partial charge in [-0.2, -0.15) is 0 Å². The number of nitrogens with one attached hydrogen (secondary N) is 4. The molecule has 4 atom stereocenters. The molecular weight excluding hydrogens is 456 g/mol. The lowest BCUT2D eigenvalue weighted by molar-refractivity contribution is -0.143. The summed E-state index contributed by atoms with van der Waals surface area (Å²) in [6.07, 6.45) is 3.68. The van der Waals surface area contributed by atoms with Crippen molar-refractivity contribution in [3.63, 3.8) is 0 Å². The smallest absolute Gasteiger partial charge is 0.326 e. The van der Waals surface area contributed by atoms with Gasteiger partial charge in [0.25, 0.3) is 0 Å². The molecule has 4 unspecified atom stereocenters. The van der Waals surface area contributed by atoms with E-state index >= 15 is 0 Å². The van der Waals surface area contributed by atoms with Crippen LogP contribution >= 0.6 is 0 Å². The highest BCUT2D eigenvalue weighted by Crippen LogP contribution is 2.09. The summed E-state index contributed by atoms with van der Waals surface area (Å²) < 4.78 is 0. The average molecular weight is 499 g/mol. The van der Waals surface area contributed by atoms with Gasteiger partial charge in [0, 0.05) is 6.54 Å². The van der Waals surface area contributed by atoms with E-state index in [9.17, 15) is 24.3 Å². The first-order chi connectivity index (χ1) is 16.6. The maximum Gasteiger partial charge on any atom is 0.326 e. The SMILES string of the molecule is CC(C)C(NC(=O)C(CCCCN)NC(=O)C(CCCN=C(N)N)NC(=O)C1CCCN1)C(=O)O. The predicted molar refractivity (Wildman–Crippen MR) is 132 cm³/mol. The van der Waals surface area contributed by atoms with Gasteiger partial charge < -0.3 is 43.6 Å². The molecular formula is C22H42N8O5. The van der Waals surface area contributed by atoms with Gasteiger partial charge in [0.2, 0.25) is 17.7 Å². The topological polar surface area (TPSA) is 227 Å². The number of carbonyl (C=O) groups excluding carboxylic acids is 3. The van der Waals surface area contributed by atoms with Gasteiger partial charge in [-0.05, 0) is 64.0 Å². The van der Waals surface area contributed by atoms with Crippen LogP contribution in [0, 0.1) is 5.92 Å². The number of nitrogens with two attached hydrogens (primary N) is 3. The summed E-state index contributed by atoms with van der Waals surface area (Å²) >= 11 is 0. The summed E-state index contributed by atoms with van der Waals surface area (Å²) in [5.41, 5.74) is 16.3. The van der Waals surface area contributed by atoms with Crippen molar-refractivity contribution in [2.75, 3.05) is 19.6 Å². The van der Waals surface area contributed by atoms with Crippen molar-refractivity contribution >= 4 is 29.7 Å². The highest BCUT2D eigenvalue weighted by atomic mass is 16.4. The standard InChI is InChI=1S/C22H42N8O5/c1-13(2)17(21(34)35)30-20(33)15(7-3-4-10-23)29-19(32)16(9-6-12-27-22(24)25)28-18(31)14-8-5-11-26-14/h13-17,26H,3-12,23H2,1-2H3,(H,28,31)(H,29,32)(H,30,33)(H,34,35)(H4,24,25,27). The number of aliphatic imine (C=N–C) groups is 1. The van der Waals surface area contributed by atoms with Crippen LogP contribution in [0.1, 0.15) is 58.8 Å². The normalized spacial score (nSPS) is 17.8. The van der Waals surface area contributed by atoms with Crippen LogP contribution in [0.5, 0.6) is 0 Å². The van der Waals surface area contributed by atoms with Gasteiger partial charge >= 0.3 is 5.97 Å². The Hall–Kier alpha value is -2.93. The second kappa shape index (κ2) is 15.9. The number of carbonyl (C=O) groups is 4. The lowest BCUT2D eigenvalue weighted by Gasteiger charge is -2.26. The van der Waals surface area contributed by atoms with Crippen molar-refractivity contribution < 1.29 is 24.3 Å². The molecule has 13 heteroatoms. The molecule has 0 aliphatic carbocycles. The predicted octanol–water partition coefficient (Wildman–Crippen LogP) is -1.88. The first kappa shape index (κ1) is 30.1. The van der Waals surface area contributed by atoms with E-state index in [0.29, 0.717) is 32.2 Å². The quantitative estimate of drug-likeness (QED) is 0.0675. The number of rotatable bonds is 16. The molecule has 1 saturated heterocycles. The van der Waals surface area contributed by atoms with Gasteiger partial charge in [0.15, 0.2) is 5.96 Å². The number of guanidine groups is 1. The van der Waals surface area contributed by atoms with Crippen molar-refractivity contribution in [3.8, 4) is 0 Å². The molecule has 1 fully saturated rings. The van der Waals surface area contributed by atoms with Gasteiger partial charge in [-0.15, -0.1) is 0 Å². The van der Waals surface area contributed by atoms with Crippen LogP contribution in [0.25, 0.3) is 0 Å². The Morgan fingerprint density at radius 2 is 1.63 bits per heavy atom. The number of unbranched alkanes of at least 4 members (excludes halogenated alkanes) is 1. The minimum Gasteiger partial charge on any atom is -0.480 e. The van der Waals surface area contributed by atoms with E-state index in [0.717, 1.165) is 13.0 Å². The van der Waals surface area contributed by atoms with Crippen LogP contribution in [-0.2, 0) is 19.2 Å². The molecule has 13 nitrogen and oxygen atoms in total. The summed E-state index contributed by atoms with van der Waals surface area (Å²) in [5, 5.41) is 20.5. The zero-order valence-electron chi connectivity index (χ0n) is 20.7. The highest BCUT2D eigenvalue weighted by molar-refractivity contribution is 5.94. The van der Waals surface area contributed by atoms with Crippen molar-refractivity contribution in [2.45, 2.75) is 83.0 Å². The zero-order chi connectivity index (χ0) is 26.4. The third kappa shape index (κ3) is 11.4. The first-order valence-electron chi connectivity index (χ1n) is 12.2. The summed E-state index contributed by atoms with van der Waals surface area (Å²) in [4.78, 5) is 54.2. The van der Waals surface area contributed by atoms with E-state index in [4.69, 9.17) is 17.2 Å². The van der Waals surface area contributed by atoms with E-state index in [-0.39, 0.29) is 43.2 Å². The summed E-state index contributed by atoms with van der Waals surface area (Å²) in [5.74, 6) is -3.00. The largest absolute Gasteiger partial charge is 0.480 e. The van der Waals surface area contributed by atoms with Gasteiger partial charge in [-0.1, -0.05) is 13.8 Å². The lowest BCUT2D eigenvalue weighted by atomic mass is 10.0. The highest BCUT2D eigenvalue weighted by Gasteiger charge is 2.31. The molecule has 0 bridgehead atoms. The Morgan fingerprint density at radius 1 is 1.00 bits per heavy atom. The minimum atomic E-state index is -1.16. The third-order valence-corrected chi connectivity index (χ3v) is 5.77. The molecule has 1 aliphatic heterocycles. The number of amides is 3. The van der Waals surface area contributed by atoms with E-state index in [1.165, 1.54) is 0 Å². The van der Waals surface area contributed by atoms with E-state index < -0.39 is 35.9 Å². The van der Waals surface area contributed by atoms with Gasteiger partial charge in [-0.25, -0.2) is 4.79 Å². The van der Waals surface area contributed by atoms with Crippen LogP contribution in [0.4, 0.5) is 0 Å². The van der Waals surface area contributed by atoms with Crippen molar-refractivity contribution in [1.82, 2.24) is 21.3 Å². The fourth-order valence-electron chi connectivity index (χ4n) is 3.75. The maximum atomic E-state index is 13.2. The van der Waals surface area contributed by atoms with E-state index in [2.05, 4.69) is 26.3 Å². The van der Waals surface area contributed by atoms with Gasteiger partial charge in [-0.3, -0.25) is 19.4 Å². The van der Waals surface area contributed by atoms with E-state index in [1.807, 2.05) is 0 Å². The van der Waals surface area contributed by atoms with Crippen LogP contribution < -0.4 is 38.5 Å². The number of hydrogen-bond acceptors (Lipinski definition) is 7. The Labute approximate surface area is 206 Å². The van der Waals surface area contributed by atoms with E-state index in [1.54, 1.807) is 13.8 Å². The molecule has 0 radical (unpaired) electrons. The van der Waals surface area contributed by atoms with Crippen molar-refractivity contribution in [1.29, 1.82) is 0 Å². The Morgan fingerprint density at radius 3 is 2.17 bits per heavy atom. The molecule has 0 spiro atoms. The van der Waals surface area contributed by atoms with Gasteiger partial charge in [0.1, 0.15) is 18.1 Å². The molecule has 1 rings (SSSR count). The van der Waals surface area contributed by atoms with Crippen molar-refractivity contribution in [3.05, 3.63) is 0 Å². The second-order valence-electron chi connectivity index (χ2n) is 9.07. The minimum absolute atomic E-state index is 0.0695. The summed E-state index contributed by atoms with van der Waals surface area (Å²) in [6, 6.07) is -3.37. The van der Waals surface area contributed by atoms with Crippen LogP contribution in [0.15, 0.2) is 4.99 Å². The molecule has 3 amide bonds. The lowest BCUT2D eigenvalue weighted by Crippen LogP contribution is -2.57. The number of nitrogens with zero attached hydrogens (tertiary/aromatic N) is 1. The Bertz CT molecular complexity index is 735. The molecule has 0 saturated carbocycles. The first-order valence-corrected chi connectivity index (χ1v) is 12.2. The molecule has 0 aromatic rings. The number of aliphatic carboxylic acids is 1. The monoisotopic (exact) mass is 498 g/mol. The Kier molecular flexibility index (Phi) is 13.7. The molecule has 0 aromatic carbocycles. The molecule has 1 aliphatic rings. The summed E-state index contributed by atoms with van der Waals surface area (Å²) in [7, 11) is 0. The fraction of sp³-hybridized carbons (Fsp3) is 0.773. The van der Waals surface area contributed by atoms with Crippen LogP contribution in [-0.4, -0.2) is 78.6 Å². The average Bonchev–Trinajstić information content (AvgIpc) is 3.33. The number of carboxylic acid groups (broad SMARTS) is 1. The maximum absolute atomic E-state index is 13.2. The molecule has 200 valence electrons. The number of hydrogen-bond donors (Lipinski definition) is 8. The second-order valence-corrected chi connectivity index (χ2v) is 9.07. The van der Waals surface area contributed by atoms with Crippen LogP contribution in [0.2, 0.25) is 0 Å². The fourth-order valence-corrected chi connectivity index (χ4v) is 3.75. The van der Waals surface area contributed by atoms with Gasteiger partial charge in [0.05, 0.1) is 6.04 Å². The molecule has 35 heavy (non-hydrogen) atoms. The molecule has 0 aromatic heterocycles. The Balaban J connectivity index is 2.95. The molecule has 11 N–H and O–H groups in total. The number of carboxylic acids is 1. The molecule has 1 heterocycles. The van der Waals surface area contributed by atoms with Crippen LogP contribution in [0.3, 0.4) is 0 Å². The summed E-state index contributed by atoms with van der Waals surface area (Å²) in [6.45, 7) is 4.78.